The molecule has 6 aromatic rings. The van der Waals surface area contributed by atoms with E-state index in [0.717, 1.165) is 35.3 Å². The number of nitrogens with one attached hydrogen (secondary N) is 1. The molecule has 0 fully saturated rings. The molecule has 0 bridgehead atoms. The smallest absolute Gasteiger partial charge is 0.164 e. The summed E-state index contributed by atoms with van der Waals surface area (Å²) in [6.07, 6.45) is 13.5. The molecule has 230 valence electrons. The van der Waals surface area contributed by atoms with Gasteiger partial charge < -0.3 is 0 Å². The van der Waals surface area contributed by atoms with Crippen molar-refractivity contribution in [2.45, 2.75) is 18.3 Å². The highest BCUT2D eigenvalue weighted by molar-refractivity contribution is 6.48. The number of para-hydroxylation sites is 2. The number of aromatic nitrogens is 1. The third-order valence-electron chi connectivity index (χ3n) is 10.6. The largest absolute Gasteiger partial charge is 0.296 e. The van der Waals surface area contributed by atoms with E-state index >= 15 is 0 Å². The molecule has 0 amide bonds. The maximum Gasteiger partial charge on any atom is 0.164 e. The predicted molar refractivity (Wildman–Crippen MR) is 199 cm³/mol. The van der Waals surface area contributed by atoms with Crippen LogP contribution in [0.1, 0.15) is 39.9 Å². The van der Waals surface area contributed by atoms with Gasteiger partial charge in [0.15, 0.2) is 5.84 Å². The summed E-state index contributed by atoms with van der Waals surface area (Å²) < 4.78 is 2.25. The first-order valence-corrected chi connectivity index (χ1v) is 16.9. The van der Waals surface area contributed by atoms with Crippen LogP contribution in [0.4, 0.5) is 5.69 Å². The number of rotatable bonds is 5. The van der Waals surface area contributed by atoms with E-state index < -0.39 is 0 Å². The Morgan fingerprint density at radius 2 is 1.42 bits per heavy atom. The Labute approximate surface area is 281 Å². The van der Waals surface area contributed by atoms with Gasteiger partial charge in [-0.3, -0.25) is 9.98 Å². The van der Waals surface area contributed by atoms with Crippen molar-refractivity contribution < 1.29 is 0 Å². The Bertz CT molecular complexity index is 2300. The maximum atomic E-state index is 9.59. The van der Waals surface area contributed by atoms with Gasteiger partial charge in [-0.2, -0.15) is 0 Å². The molecular formula is C45H35N3. The number of nitrogens with zero attached hydrogens (tertiary/aromatic N) is 2. The van der Waals surface area contributed by atoms with Crippen molar-refractivity contribution in [1.82, 2.24) is 4.57 Å². The highest BCUT2D eigenvalue weighted by atomic mass is 15.1. The van der Waals surface area contributed by atoms with Gasteiger partial charge >= 0.3 is 0 Å². The first-order chi connectivity index (χ1) is 23.7. The van der Waals surface area contributed by atoms with Crippen LogP contribution in [0, 0.1) is 17.2 Å². The Balaban J connectivity index is 1.33. The second kappa shape index (κ2) is 11.5. The number of aliphatic imine (C=N–C) groups is 1. The Kier molecular flexibility index (Phi) is 6.79. The molecule has 0 saturated carbocycles. The second-order valence-electron chi connectivity index (χ2n) is 13.0. The van der Waals surface area contributed by atoms with Gasteiger partial charge in [-0.15, -0.1) is 0 Å². The monoisotopic (exact) mass is 617 g/mol. The van der Waals surface area contributed by atoms with Crippen molar-refractivity contribution in [3.05, 3.63) is 197 Å². The summed E-state index contributed by atoms with van der Waals surface area (Å²) in [4.78, 5) is 5.22. The van der Waals surface area contributed by atoms with Crippen LogP contribution in [0.3, 0.4) is 0 Å². The summed E-state index contributed by atoms with van der Waals surface area (Å²) >= 11 is 0. The topological polar surface area (TPSA) is 41.1 Å². The van der Waals surface area contributed by atoms with Crippen molar-refractivity contribution >= 4 is 39.8 Å². The van der Waals surface area contributed by atoms with E-state index in [1.54, 1.807) is 0 Å². The third-order valence-corrected chi connectivity index (χ3v) is 10.6. The van der Waals surface area contributed by atoms with Crippen LogP contribution < -0.4 is 0 Å². The van der Waals surface area contributed by atoms with Crippen LogP contribution in [0.15, 0.2) is 169 Å². The van der Waals surface area contributed by atoms with Crippen LogP contribution in [-0.4, -0.2) is 16.1 Å². The minimum Gasteiger partial charge on any atom is -0.296 e. The molecular weight excluding hydrogens is 583 g/mol. The van der Waals surface area contributed by atoms with Crippen LogP contribution >= 0.6 is 0 Å². The summed E-state index contributed by atoms with van der Waals surface area (Å²) in [6.45, 7) is 0. The van der Waals surface area contributed by atoms with E-state index in [0.29, 0.717) is 17.5 Å². The van der Waals surface area contributed by atoms with Gasteiger partial charge in [0, 0.05) is 22.3 Å². The average Bonchev–Trinajstić information content (AvgIpc) is 3.64. The number of hydrogen-bond acceptors (Lipinski definition) is 2. The van der Waals surface area contributed by atoms with Crippen LogP contribution in [0.5, 0.6) is 0 Å². The Morgan fingerprint density at radius 1 is 0.729 bits per heavy atom. The fourth-order valence-electron chi connectivity index (χ4n) is 8.68. The summed E-state index contributed by atoms with van der Waals surface area (Å²) in [6, 6.07) is 49.0. The molecule has 1 N–H and O–H groups in total. The average molecular weight is 618 g/mol. The molecule has 0 aliphatic heterocycles. The van der Waals surface area contributed by atoms with Gasteiger partial charge in [0.2, 0.25) is 0 Å². The highest BCUT2D eigenvalue weighted by Gasteiger charge is 2.55. The molecule has 3 nitrogen and oxygen atoms in total. The van der Waals surface area contributed by atoms with E-state index in [1.807, 2.05) is 60.7 Å². The predicted octanol–water partition coefficient (Wildman–Crippen LogP) is 10.4. The zero-order valence-electron chi connectivity index (χ0n) is 26.6. The molecule has 3 unspecified atom stereocenters. The quantitative estimate of drug-likeness (QED) is 0.148. The van der Waals surface area contributed by atoms with Crippen molar-refractivity contribution in [3.8, 4) is 0 Å². The lowest BCUT2D eigenvalue weighted by molar-refractivity contribution is 0.309. The molecule has 1 heterocycles. The van der Waals surface area contributed by atoms with Crippen molar-refractivity contribution in [1.29, 1.82) is 5.41 Å². The highest BCUT2D eigenvalue weighted by Crippen LogP contribution is 2.62. The van der Waals surface area contributed by atoms with E-state index in [4.69, 9.17) is 4.99 Å². The lowest BCUT2D eigenvalue weighted by Gasteiger charge is -2.44. The van der Waals surface area contributed by atoms with Crippen LogP contribution in [0.25, 0.3) is 22.6 Å². The Morgan fingerprint density at radius 3 is 2.19 bits per heavy atom. The Hall–Kier alpha value is -5.80. The van der Waals surface area contributed by atoms with Crippen LogP contribution in [-0.2, 0) is 11.8 Å². The molecule has 9 rings (SSSR count). The zero-order chi connectivity index (χ0) is 32.1. The third kappa shape index (κ3) is 4.28. The maximum absolute atomic E-state index is 9.59. The molecule has 48 heavy (non-hydrogen) atoms. The normalized spacial score (nSPS) is 21.0. The summed E-state index contributed by atoms with van der Waals surface area (Å²) in [5.74, 6) is 1.19. The first-order valence-electron chi connectivity index (χ1n) is 16.9. The van der Waals surface area contributed by atoms with E-state index in [9.17, 15) is 5.41 Å². The minimum atomic E-state index is -0.219. The van der Waals surface area contributed by atoms with Crippen molar-refractivity contribution in [2.24, 2.45) is 16.8 Å². The van der Waals surface area contributed by atoms with E-state index in [2.05, 4.69) is 114 Å². The summed E-state index contributed by atoms with van der Waals surface area (Å²) in [7, 11) is 0. The minimum absolute atomic E-state index is 0.219. The molecule has 3 atom stereocenters. The molecule has 0 radical (unpaired) electrons. The van der Waals surface area contributed by atoms with Gasteiger partial charge in [0.05, 0.1) is 16.9 Å². The SMILES string of the molecule is N=C(C(=Nc1ccccc1)n1c2c(c3ccccc31)CC1C(=C2)c2ccccc2C1(c1ccccc1)C1C=CC=CC1)c1ccccc1. The van der Waals surface area contributed by atoms with Crippen LogP contribution in [0.2, 0.25) is 0 Å². The molecule has 3 aliphatic carbocycles. The fourth-order valence-corrected chi connectivity index (χ4v) is 8.68. The van der Waals surface area contributed by atoms with Gasteiger partial charge in [-0.25, -0.2) is 4.99 Å². The summed E-state index contributed by atoms with van der Waals surface area (Å²) in [5, 5.41) is 10.8. The van der Waals surface area contributed by atoms with Gasteiger partial charge in [0.25, 0.3) is 0 Å². The van der Waals surface area contributed by atoms with E-state index in [1.165, 1.54) is 33.2 Å². The van der Waals surface area contributed by atoms with Crippen molar-refractivity contribution in [2.75, 3.05) is 0 Å². The fraction of sp³-hybridized carbons (Fsp3) is 0.111. The second-order valence-corrected chi connectivity index (χ2v) is 13.0. The molecule has 1 aromatic heterocycles. The van der Waals surface area contributed by atoms with Gasteiger partial charge in [-0.1, -0.05) is 146 Å². The summed E-state index contributed by atoms with van der Waals surface area (Å²) in [5.41, 5.74) is 10.9. The lowest BCUT2D eigenvalue weighted by atomic mass is 9.58. The molecule has 0 spiro atoms. The number of allylic oxidation sites excluding steroid dienone is 5. The lowest BCUT2D eigenvalue weighted by Crippen LogP contribution is -2.42. The van der Waals surface area contributed by atoms with Crippen molar-refractivity contribution in [3.63, 3.8) is 0 Å². The molecule has 3 heteroatoms. The van der Waals surface area contributed by atoms with E-state index in [-0.39, 0.29) is 11.3 Å². The molecule has 5 aromatic carbocycles. The molecule has 0 saturated heterocycles. The number of fused-ring (bicyclic) bond motifs is 6. The first kappa shape index (κ1) is 28.4. The number of hydrogen-bond donors (Lipinski definition) is 1. The van der Waals surface area contributed by atoms with Gasteiger partial charge in [0.1, 0.15) is 5.71 Å². The molecule has 3 aliphatic rings. The standard InChI is InChI=1S/C45H35N3/c46-43(31-17-5-1-6-18-31)44(47-34-23-11-4-12-24-34)48-41-28-16-14-26-36(41)38-29-40-37(30-42(38)48)35-25-13-15-27-39(35)45(40,32-19-7-2-8-20-32)33-21-9-3-10-22-33/h1-21,23-28,30,33,40,46H,22,29H2. The number of benzene rings is 5. The zero-order valence-corrected chi connectivity index (χ0v) is 26.6. The van der Waals surface area contributed by atoms with Gasteiger partial charge in [-0.05, 0) is 70.9 Å².